The summed E-state index contributed by atoms with van der Waals surface area (Å²) in [6.45, 7) is 2.37. The number of carbonyl (C=O) groups is 2. The van der Waals surface area contributed by atoms with Crippen LogP contribution in [-0.4, -0.2) is 59.0 Å². The van der Waals surface area contributed by atoms with Gasteiger partial charge in [0.15, 0.2) is 6.10 Å². The van der Waals surface area contributed by atoms with Crippen LogP contribution >= 0.6 is 0 Å². The number of fused-ring (bicyclic) bond motifs is 3. The Kier molecular flexibility index (Phi) is 5.49. The second-order valence-corrected chi connectivity index (χ2v) is 10.0. The van der Waals surface area contributed by atoms with Gasteiger partial charge in [-0.05, 0) is 49.4 Å². The average molecular weight is 500 g/mol. The lowest BCUT2D eigenvalue weighted by Crippen LogP contribution is -2.38. The molecule has 1 saturated heterocycles. The summed E-state index contributed by atoms with van der Waals surface area (Å²) in [6, 6.07) is 4.84. The summed E-state index contributed by atoms with van der Waals surface area (Å²) < 4.78 is 46.5. The van der Waals surface area contributed by atoms with Crippen LogP contribution in [-0.2, 0) is 11.2 Å². The van der Waals surface area contributed by atoms with E-state index in [2.05, 4.69) is 10.3 Å². The van der Waals surface area contributed by atoms with Crippen molar-refractivity contribution in [3.63, 3.8) is 0 Å². The van der Waals surface area contributed by atoms with Gasteiger partial charge >= 0.3 is 0 Å². The number of aromatic nitrogens is 1. The maximum atomic E-state index is 14.3. The predicted octanol–water partition coefficient (Wildman–Crippen LogP) is 3.90. The Bertz CT molecular complexity index is 1240. The number of nitrogens with zero attached hydrogens (tertiary/aromatic N) is 2. The number of aryl methyl sites for hydroxylation is 2. The van der Waals surface area contributed by atoms with Gasteiger partial charge in [-0.1, -0.05) is 0 Å². The molecule has 6 rings (SSSR count). The number of carbonyl (C=O) groups excluding carboxylic acids is 2. The summed E-state index contributed by atoms with van der Waals surface area (Å²) in [5.41, 5.74) is 2.60. The van der Waals surface area contributed by atoms with Crippen molar-refractivity contribution in [3.8, 4) is 17.4 Å². The van der Waals surface area contributed by atoms with Gasteiger partial charge in [-0.2, -0.15) is 0 Å². The molecule has 10 heteroatoms. The Morgan fingerprint density at radius 1 is 1.19 bits per heavy atom. The zero-order valence-corrected chi connectivity index (χ0v) is 19.9. The Balaban J connectivity index is 1.22. The van der Waals surface area contributed by atoms with E-state index >= 15 is 0 Å². The van der Waals surface area contributed by atoms with Gasteiger partial charge in [-0.15, -0.1) is 0 Å². The fraction of sp³-hybridized carbons (Fsp3) is 0.500. The molecular weight excluding hydrogens is 472 g/mol. The molecular formula is C26H27F2N3O5. The first-order chi connectivity index (χ1) is 17.3. The summed E-state index contributed by atoms with van der Waals surface area (Å²) in [6.07, 6.45) is 2.10. The first-order valence-electron chi connectivity index (χ1n) is 12.3. The summed E-state index contributed by atoms with van der Waals surface area (Å²) in [4.78, 5) is 31.4. The fourth-order valence-corrected chi connectivity index (χ4v) is 5.50. The van der Waals surface area contributed by atoms with Gasteiger partial charge in [0.05, 0.1) is 18.3 Å². The number of halogens is 2. The molecule has 0 radical (unpaired) electrons. The van der Waals surface area contributed by atoms with Crippen molar-refractivity contribution in [1.29, 1.82) is 0 Å². The fourth-order valence-electron chi connectivity index (χ4n) is 5.50. The maximum absolute atomic E-state index is 14.3. The van der Waals surface area contributed by atoms with Crippen LogP contribution in [0.1, 0.15) is 53.6 Å². The number of nitrogens with one attached hydrogen (secondary N) is 1. The van der Waals surface area contributed by atoms with Gasteiger partial charge in [0, 0.05) is 31.5 Å². The van der Waals surface area contributed by atoms with E-state index in [1.165, 1.54) is 0 Å². The lowest BCUT2D eigenvalue weighted by Gasteiger charge is -2.24. The van der Waals surface area contributed by atoms with Crippen molar-refractivity contribution >= 4 is 17.5 Å². The maximum Gasteiger partial charge on any atom is 0.284 e. The van der Waals surface area contributed by atoms with Crippen molar-refractivity contribution in [2.45, 2.75) is 69.6 Å². The van der Waals surface area contributed by atoms with Crippen LogP contribution in [0.4, 0.5) is 14.5 Å². The predicted molar refractivity (Wildman–Crippen MR) is 125 cm³/mol. The van der Waals surface area contributed by atoms with Crippen LogP contribution in [0.25, 0.3) is 0 Å². The van der Waals surface area contributed by atoms with Gasteiger partial charge in [0.1, 0.15) is 29.8 Å². The molecule has 4 heterocycles. The van der Waals surface area contributed by atoms with Crippen LogP contribution in [0.2, 0.25) is 0 Å². The van der Waals surface area contributed by atoms with E-state index in [0.717, 1.165) is 11.1 Å². The van der Waals surface area contributed by atoms with Crippen LogP contribution in [0.3, 0.4) is 0 Å². The van der Waals surface area contributed by atoms with E-state index in [1.807, 2.05) is 6.92 Å². The minimum Gasteiger partial charge on any atom is -0.490 e. The number of benzene rings is 1. The van der Waals surface area contributed by atoms with E-state index in [0.29, 0.717) is 49.5 Å². The molecule has 2 amide bonds. The zero-order chi connectivity index (χ0) is 25.0. The lowest BCUT2D eigenvalue weighted by atomic mass is 10.1. The van der Waals surface area contributed by atoms with E-state index in [1.54, 1.807) is 29.3 Å². The first-order valence-corrected chi connectivity index (χ1v) is 12.3. The SMILES string of the molecule is Cc1cc2c(c(OC3CCCC3(F)F)c1)C(=O)N1C[C@@H](Oc3cc4c(cn3)CCC(=O)N4)C[C@@H]1CO2. The quantitative estimate of drug-likeness (QED) is 0.687. The van der Waals surface area contributed by atoms with Crippen molar-refractivity contribution in [1.82, 2.24) is 9.88 Å². The Morgan fingerprint density at radius 2 is 2.06 bits per heavy atom. The van der Waals surface area contributed by atoms with Crippen LogP contribution in [0.5, 0.6) is 17.4 Å². The Morgan fingerprint density at radius 3 is 2.86 bits per heavy atom. The third-order valence-electron chi connectivity index (χ3n) is 7.35. The third kappa shape index (κ3) is 4.12. The standard InChI is InChI=1S/C26H27F2N3O5/c1-14-7-19-24(20(8-14)36-21-3-2-6-26(21,27)28)25(33)31-12-17(9-16(31)13-34-19)35-23-10-18-15(11-29-23)4-5-22(32)30-18/h7-8,10-11,16-17,21H,2-6,9,12-13H2,1H3,(H,30,32)/t16-,17+,21?/m1/s1. The number of ether oxygens (including phenoxy) is 3. The summed E-state index contributed by atoms with van der Waals surface area (Å²) >= 11 is 0. The Labute approximate surface area is 206 Å². The smallest absolute Gasteiger partial charge is 0.284 e. The molecule has 36 heavy (non-hydrogen) atoms. The second-order valence-electron chi connectivity index (χ2n) is 10.0. The highest BCUT2D eigenvalue weighted by molar-refractivity contribution is 6.00. The van der Waals surface area contributed by atoms with Gasteiger partial charge in [0.2, 0.25) is 11.8 Å². The first kappa shape index (κ1) is 23.0. The number of pyridine rings is 1. The van der Waals surface area contributed by atoms with E-state index in [9.17, 15) is 18.4 Å². The molecule has 1 aliphatic carbocycles. The molecule has 0 bridgehead atoms. The molecule has 0 spiro atoms. The summed E-state index contributed by atoms with van der Waals surface area (Å²) in [7, 11) is 0. The molecule has 1 N–H and O–H groups in total. The third-order valence-corrected chi connectivity index (χ3v) is 7.35. The number of amides is 2. The highest BCUT2D eigenvalue weighted by atomic mass is 19.3. The van der Waals surface area contributed by atoms with E-state index < -0.39 is 12.0 Å². The number of rotatable bonds is 4. The van der Waals surface area contributed by atoms with Crippen molar-refractivity contribution < 1.29 is 32.6 Å². The van der Waals surface area contributed by atoms with Crippen LogP contribution in [0, 0.1) is 6.92 Å². The monoisotopic (exact) mass is 499 g/mol. The number of hydrogen-bond acceptors (Lipinski definition) is 6. The van der Waals surface area contributed by atoms with Gasteiger partial charge in [0.25, 0.3) is 11.8 Å². The van der Waals surface area contributed by atoms with E-state index in [-0.39, 0.29) is 54.7 Å². The van der Waals surface area contributed by atoms with Crippen LogP contribution < -0.4 is 19.5 Å². The van der Waals surface area contributed by atoms with Gasteiger partial charge in [-0.3, -0.25) is 9.59 Å². The van der Waals surface area contributed by atoms with Crippen LogP contribution in [0.15, 0.2) is 24.4 Å². The lowest BCUT2D eigenvalue weighted by molar-refractivity contribution is -0.116. The molecule has 3 atom stereocenters. The minimum atomic E-state index is -2.93. The number of alkyl halides is 2. The van der Waals surface area contributed by atoms with Crippen molar-refractivity contribution in [2.24, 2.45) is 0 Å². The number of hydrogen-bond donors (Lipinski definition) is 1. The van der Waals surface area contributed by atoms with Gasteiger partial charge < -0.3 is 24.4 Å². The van der Waals surface area contributed by atoms with E-state index in [4.69, 9.17) is 14.2 Å². The molecule has 1 unspecified atom stereocenters. The molecule has 8 nitrogen and oxygen atoms in total. The molecule has 1 aromatic heterocycles. The molecule has 190 valence electrons. The number of anilines is 1. The molecule has 3 aliphatic heterocycles. The molecule has 1 aromatic carbocycles. The highest BCUT2D eigenvalue weighted by Gasteiger charge is 2.47. The molecule has 2 fully saturated rings. The second kappa shape index (κ2) is 8.60. The molecule has 2 aromatic rings. The summed E-state index contributed by atoms with van der Waals surface area (Å²) in [5, 5.41) is 2.84. The highest BCUT2D eigenvalue weighted by Crippen LogP contribution is 2.42. The molecule has 1 saturated carbocycles. The topological polar surface area (TPSA) is 90.0 Å². The zero-order valence-electron chi connectivity index (χ0n) is 19.9. The normalized spacial score (nSPS) is 26.3. The average Bonchev–Trinajstić information content (AvgIpc) is 3.35. The minimum absolute atomic E-state index is 0.0427. The Hall–Kier alpha value is -3.43. The largest absolute Gasteiger partial charge is 0.490 e. The summed E-state index contributed by atoms with van der Waals surface area (Å²) in [5.74, 6) is -2.43. The van der Waals surface area contributed by atoms with Crippen molar-refractivity contribution in [2.75, 3.05) is 18.5 Å². The van der Waals surface area contributed by atoms with Crippen molar-refractivity contribution in [3.05, 3.63) is 41.1 Å². The molecule has 4 aliphatic rings. The van der Waals surface area contributed by atoms with Gasteiger partial charge in [-0.25, -0.2) is 13.8 Å².